The van der Waals surface area contributed by atoms with Crippen LogP contribution in [-0.4, -0.2) is 31.8 Å². The molecule has 1 aliphatic heterocycles. The molecular formula is C11H19N3S2. The van der Waals surface area contributed by atoms with Crippen molar-refractivity contribution in [1.29, 1.82) is 0 Å². The molecule has 16 heavy (non-hydrogen) atoms. The lowest BCUT2D eigenvalue weighted by atomic mass is 10.1. The summed E-state index contributed by atoms with van der Waals surface area (Å²) in [6, 6.07) is 2.11. The zero-order valence-electron chi connectivity index (χ0n) is 9.80. The van der Waals surface area contributed by atoms with Crippen molar-refractivity contribution in [3.8, 4) is 0 Å². The van der Waals surface area contributed by atoms with Crippen LogP contribution in [0.4, 0.5) is 0 Å². The van der Waals surface area contributed by atoms with E-state index in [0.29, 0.717) is 10.5 Å². The summed E-state index contributed by atoms with van der Waals surface area (Å²) in [4.78, 5) is 0. The summed E-state index contributed by atoms with van der Waals surface area (Å²) in [6.45, 7) is 2.25. The fourth-order valence-corrected chi connectivity index (χ4v) is 5.21. The highest BCUT2D eigenvalue weighted by Crippen LogP contribution is 2.38. The van der Waals surface area contributed by atoms with E-state index in [0.717, 1.165) is 5.69 Å². The highest BCUT2D eigenvalue weighted by molar-refractivity contribution is 8.07. The molecule has 0 spiro atoms. The zero-order valence-corrected chi connectivity index (χ0v) is 11.4. The lowest BCUT2D eigenvalue weighted by molar-refractivity contribution is 0.601. The van der Waals surface area contributed by atoms with Crippen LogP contribution >= 0.6 is 23.5 Å². The normalized spacial score (nSPS) is 27.9. The van der Waals surface area contributed by atoms with Crippen molar-refractivity contribution in [2.24, 2.45) is 12.8 Å². The minimum Gasteiger partial charge on any atom is -0.322 e. The van der Waals surface area contributed by atoms with Gasteiger partial charge in [-0.3, -0.25) is 4.68 Å². The van der Waals surface area contributed by atoms with Gasteiger partial charge in [-0.2, -0.15) is 28.6 Å². The third-order valence-electron chi connectivity index (χ3n) is 2.92. The second-order valence-electron chi connectivity index (χ2n) is 4.09. The van der Waals surface area contributed by atoms with Gasteiger partial charge < -0.3 is 5.73 Å². The molecule has 2 rings (SSSR count). The van der Waals surface area contributed by atoms with Crippen LogP contribution in [0.2, 0.25) is 0 Å². The second kappa shape index (κ2) is 5.47. The first-order valence-electron chi connectivity index (χ1n) is 5.70. The van der Waals surface area contributed by atoms with Gasteiger partial charge in [-0.1, -0.05) is 6.92 Å². The largest absolute Gasteiger partial charge is 0.322 e. The third-order valence-corrected chi connectivity index (χ3v) is 6.30. The van der Waals surface area contributed by atoms with Gasteiger partial charge in [-0.05, 0) is 12.5 Å². The Balaban J connectivity index is 2.10. The van der Waals surface area contributed by atoms with Crippen LogP contribution in [0.25, 0.3) is 0 Å². The highest BCUT2D eigenvalue weighted by atomic mass is 32.2. The monoisotopic (exact) mass is 257 g/mol. The number of hydrogen-bond donors (Lipinski definition) is 1. The van der Waals surface area contributed by atoms with E-state index in [-0.39, 0.29) is 6.04 Å². The number of hydrogen-bond acceptors (Lipinski definition) is 4. The van der Waals surface area contributed by atoms with Crippen molar-refractivity contribution in [3.05, 3.63) is 18.0 Å². The summed E-state index contributed by atoms with van der Waals surface area (Å²) in [7, 11) is 1.94. The van der Waals surface area contributed by atoms with Crippen LogP contribution in [0.1, 0.15) is 25.1 Å². The minimum absolute atomic E-state index is 0.0731. The molecule has 1 saturated heterocycles. The molecule has 0 aliphatic carbocycles. The molecule has 1 aromatic rings. The highest BCUT2D eigenvalue weighted by Gasteiger charge is 2.31. The lowest BCUT2D eigenvalue weighted by Crippen LogP contribution is -2.35. The predicted octanol–water partition coefficient (Wildman–Crippen LogP) is 2.05. The smallest absolute Gasteiger partial charge is 0.0803 e. The van der Waals surface area contributed by atoms with Crippen molar-refractivity contribution < 1.29 is 0 Å². The van der Waals surface area contributed by atoms with Crippen molar-refractivity contribution in [1.82, 2.24) is 9.78 Å². The Hall–Kier alpha value is -0.130. The van der Waals surface area contributed by atoms with Gasteiger partial charge in [0, 0.05) is 35.3 Å². The van der Waals surface area contributed by atoms with Crippen LogP contribution in [0, 0.1) is 0 Å². The third kappa shape index (κ3) is 2.57. The molecule has 0 saturated carbocycles. The Morgan fingerprint density at radius 1 is 1.56 bits per heavy atom. The molecule has 0 bridgehead atoms. The molecule has 3 unspecified atom stereocenters. The molecule has 0 amide bonds. The van der Waals surface area contributed by atoms with Crippen LogP contribution in [0.5, 0.6) is 0 Å². The molecule has 2 N–H and O–H groups in total. The average molecular weight is 257 g/mol. The standard InChI is InChI=1S/C11H19N3S2/c1-3-9-11(16-7-6-15-9)10(12)8-4-5-14(2)13-8/h4-5,9-11H,3,6-7,12H2,1-2H3. The maximum Gasteiger partial charge on any atom is 0.0803 e. The topological polar surface area (TPSA) is 43.8 Å². The van der Waals surface area contributed by atoms with Crippen LogP contribution in [0.15, 0.2) is 12.3 Å². The van der Waals surface area contributed by atoms with Gasteiger partial charge in [-0.15, -0.1) is 0 Å². The molecule has 5 heteroatoms. The number of thioether (sulfide) groups is 2. The Labute approximate surface area is 106 Å². The zero-order chi connectivity index (χ0) is 11.5. The van der Waals surface area contributed by atoms with Crippen molar-refractivity contribution in [3.63, 3.8) is 0 Å². The first-order valence-corrected chi connectivity index (χ1v) is 7.80. The van der Waals surface area contributed by atoms with Gasteiger partial charge in [0.1, 0.15) is 0 Å². The number of nitrogens with zero attached hydrogens (tertiary/aromatic N) is 2. The fraction of sp³-hybridized carbons (Fsp3) is 0.727. The Morgan fingerprint density at radius 3 is 2.94 bits per heavy atom. The number of rotatable bonds is 3. The molecule has 3 atom stereocenters. The van der Waals surface area contributed by atoms with Gasteiger partial charge in [0.15, 0.2) is 0 Å². The Kier molecular flexibility index (Phi) is 4.21. The summed E-state index contributed by atoms with van der Waals surface area (Å²) in [6.07, 6.45) is 3.17. The molecule has 90 valence electrons. The Bertz CT molecular complexity index is 340. The molecule has 0 radical (unpaired) electrons. The van der Waals surface area contributed by atoms with Gasteiger partial charge in [0.25, 0.3) is 0 Å². The quantitative estimate of drug-likeness (QED) is 0.900. The van der Waals surface area contributed by atoms with Crippen LogP contribution in [-0.2, 0) is 7.05 Å². The Morgan fingerprint density at radius 2 is 2.31 bits per heavy atom. The first kappa shape index (κ1) is 12.3. The van der Waals surface area contributed by atoms with E-state index in [2.05, 4.69) is 23.8 Å². The first-order chi connectivity index (χ1) is 7.72. The van der Waals surface area contributed by atoms with Gasteiger partial charge in [-0.25, -0.2) is 0 Å². The van der Waals surface area contributed by atoms with Crippen molar-refractivity contribution >= 4 is 23.5 Å². The van der Waals surface area contributed by atoms with Crippen LogP contribution in [0.3, 0.4) is 0 Å². The molecular weight excluding hydrogens is 238 g/mol. The van der Waals surface area contributed by atoms with Gasteiger partial charge in [0.05, 0.1) is 11.7 Å². The van der Waals surface area contributed by atoms with E-state index in [1.165, 1.54) is 17.9 Å². The summed E-state index contributed by atoms with van der Waals surface area (Å²) >= 11 is 4.08. The van der Waals surface area contributed by atoms with E-state index in [4.69, 9.17) is 5.73 Å². The fourth-order valence-electron chi connectivity index (χ4n) is 2.05. The molecule has 1 aliphatic rings. The van der Waals surface area contributed by atoms with E-state index >= 15 is 0 Å². The maximum absolute atomic E-state index is 6.34. The predicted molar refractivity (Wildman–Crippen MR) is 72.9 cm³/mol. The van der Waals surface area contributed by atoms with E-state index in [1.807, 2.05) is 35.8 Å². The summed E-state index contributed by atoms with van der Waals surface area (Å²) < 4.78 is 1.83. The minimum atomic E-state index is 0.0731. The van der Waals surface area contributed by atoms with E-state index in [9.17, 15) is 0 Å². The van der Waals surface area contributed by atoms with Crippen LogP contribution < -0.4 is 5.73 Å². The second-order valence-corrected chi connectivity index (χ2v) is 6.73. The van der Waals surface area contributed by atoms with Crippen molar-refractivity contribution in [2.75, 3.05) is 11.5 Å². The maximum atomic E-state index is 6.34. The number of aryl methyl sites for hydroxylation is 1. The molecule has 1 fully saturated rings. The average Bonchev–Trinajstić information content (AvgIpc) is 2.75. The SMILES string of the molecule is CCC1SCCSC1C(N)c1ccn(C)n1. The van der Waals surface area contributed by atoms with Gasteiger partial charge >= 0.3 is 0 Å². The number of aromatic nitrogens is 2. The molecule has 1 aromatic heterocycles. The van der Waals surface area contributed by atoms with Gasteiger partial charge in [0.2, 0.25) is 0 Å². The summed E-state index contributed by atoms with van der Waals surface area (Å²) in [5.74, 6) is 2.47. The van der Waals surface area contributed by atoms with Crippen molar-refractivity contribution in [2.45, 2.75) is 29.9 Å². The summed E-state index contributed by atoms with van der Waals surface area (Å²) in [5, 5.41) is 5.61. The number of nitrogens with two attached hydrogens (primary N) is 1. The molecule has 3 nitrogen and oxygen atoms in total. The van der Waals surface area contributed by atoms with E-state index in [1.54, 1.807) is 0 Å². The van der Waals surface area contributed by atoms with E-state index < -0.39 is 0 Å². The summed E-state index contributed by atoms with van der Waals surface area (Å²) in [5.41, 5.74) is 7.37. The molecule has 2 heterocycles. The lowest BCUT2D eigenvalue weighted by Gasteiger charge is -2.33. The molecule has 0 aromatic carbocycles.